The second kappa shape index (κ2) is 10.6. The topological polar surface area (TPSA) is 86.8 Å². The van der Waals surface area contributed by atoms with E-state index in [9.17, 15) is 18.0 Å². The van der Waals surface area contributed by atoms with E-state index >= 15 is 0 Å². The Labute approximate surface area is 222 Å². The monoisotopic (exact) mass is 573 g/mol. The maximum Gasteiger partial charge on any atom is 0.250 e. The van der Waals surface area contributed by atoms with E-state index in [0.29, 0.717) is 41.0 Å². The number of piperidine rings is 1. The second-order valence-electron chi connectivity index (χ2n) is 8.32. The van der Waals surface area contributed by atoms with Crippen LogP contribution in [0.4, 0.5) is 0 Å². The molecule has 1 aliphatic heterocycles. The number of sulfonamides is 1. The molecular weight excluding hydrogens is 553 g/mol. The van der Waals surface area contributed by atoms with Gasteiger partial charge in [-0.3, -0.25) is 9.59 Å². The highest BCUT2D eigenvalue weighted by Gasteiger charge is 2.34. The third-order valence-corrected chi connectivity index (χ3v) is 9.73. The first-order valence-electron chi connectivity index (χ1n) is 10.7. The Balaban J connectivity index is 1.40. The zero-order valence-corrected chi connectivity index (χ0v) is 22.5. The Morgan fingerprint density at radius 2 is 1.91 bits per heavy atom. The molecule has 1 aliphatic rings. The van der Waals surface area contributed by atoms with Crippen molar-refractivity contribution in [3.63, 3.8) is 0 Å². The summed E-state index contributed by atoms with van der Waals surface area (Å²) >= 11 is 19.1. The number of rotatable bonds is 7. The van der Waals surface area contributed by atoms with Gasteiger partial charge in [0.2, 0.25) is 11.8 Å². The molecule has 12 heteroatoms. The van der Waals surface area contributed by atoms with Crippen LogP contribution in [0.1, 0.15) is 18.4 Å². The number of hydrogen-bond acceptors (Lipinski definition) is 5. The molecule has 4 rings (SSSR count). The average molecular weight is 575 g/mol. The van der Waals surface area contributed by atoms with Crippen molar-refractivity contribution in [2.45, 2.75) is 29.6 Å². The highest BCUT2D eigenvalue weighted by molar-refractivity contribution is 7.91. The van der Waals surface area contributed by atoms with Gasteiger partial charge in [0.25, 0.3) is 10.0 Å². The van der Waals surface area contributed by atoms with Crippen LogP contribution in [-0.4, -0.2) is 56.2 Å². The Morgan fingerprint density at radius 1 is 1.14 bits per heavy atom. The van der Waals surface area contributed by atoms with Crippen LogP contribution in [0.2, 0.25) is 15.1 Å². The van der Waals surface area contributed by atoms with Gasteiger partial charge in [-0.25, -0.2) is 8.42 Å². The van der Waals surface area contributed by atoms with Crippen LogP contribution in [0.5, 0.6) is 0 Å². The normalized spacial score (nSPS) is 16.6. The second-order valence-corrected chi connectivity index (χ2v) is 12.6. The van der Waals surface area contributed by atoms with Crippen molar-refractivity contribution in [1.82, 2.24) is 14.5 Å². The summed E-state index contributed by atoms with van der Waals surface area (Å²) in [6.07, 6.45) is 0.934. The lowest BCUT2D eigenvalue weighted by Crippen LogP contribution is -2.54. The fourth-order valence-electron chi connectivity index (χ4n) is 3.85. The van der Waals surface area contributed by atoms with Crippen LogP contribution < -0.4 is 4.72 Å². The van der Waals surface area contributed by atoms with Crippen molar-refractivity contribution in [1.29, 1.82) is 0 Å². The van der Waals surface area contributed by atoms with Gasteiger partial charge in [-0.1, -0.05) is 46.9 Å². The average Bonchev–Trinajstić information content (AvgIpc) is 3.23. The molecule has 0 radical (unpaired) electrons. The van der Waals surface area contributed by atoms with Crippen LogP contribution >= 0.6 is 46.1 Å². The number of likely N-dealkylation sites (N-methyl/N-ethyl adjacent to an activating group) is 1. The number of likely N-dealkylation sites (tertiary alicyclic amines) is 1. The van der Waals surface area contributed by atoms with Crippen molar-refractivity contribution in [3.05, 3.63) is 63.1 Å². The molecule has 3 aromatic rings. The number of thiophene rings is 1. The molecule has 2 amide bonds. The van der Waals surface area contributed by atoms with Crippen LogP contribution in [-0.2, 0) is 26.2 Å². The van der Waals surface area contributed by atoms with Crippen LogP contribution in [0.3, 0.4) is 0 Å². The lowest BCUT2D eigenvalue weighted by Gasteiger charge is -2.33. The minimum absolute atomic E-state index is 0.108. The molecule has 2 heterocycles. The number of carbonyl (C=O) groups excluding carboxylic acids is 2. The fourth-order valence-corrected chi connectivity index (χ4v) is 7.08. The predicted molar refractivity (Wildman–Crippen MR) is 140 cm³/mol. The quantitative estimate of drug-likeness (QED) is 0.440. The van der Waals surface area contributed by atoms with E-state index in [1.807, 2.05) is 0 Å². The van der Waals surface area contributed by atoms with Crippen molar-refractivity contribution < 1.29 is 18.0 Å². The van der Waals surface area contributed by atoms with Crippen molar-refractivity contribution in [2.24, 2.45) is 0 Å². The van der Waals surface area contributed by atoms with E-state index in [4.69, 9.17) is 34.8 Å². The van der Waals surface area contributed by atoms with Gasteiger partial charge in [0.05, 0.1) is 16.6 Å². The highest BCUT2D eigenvalue weighted by atomic mass is 35.5. The molecule has 2 aromatic carbocycles. The minimum atomic E-state index is -3.92. The molecule has 0 saturated carbocycles. The molecule has 0 spiro atoms. The number of fused-ring (bicyclic) bond motifs is 1. The van der Waals surface area contributed by atoms with E-state index in [1.54, 1.807) is 49.5 Å². The zero-order chi connectivity index (χ0) is 25.3. The van der Waals surface area contributed by atoms with E-state index in [0.717, 1.165) is 27.0 Å². The first kappa shape index (κ1) is 26.2. The summed E-state index contributed by atoms with van der Waals surface area (Å²) in [6, 6.07) is 10.9. The predicted octanol–water partition coefficient (Wildman–Crippen LogP) is 4.79. The molecule has 1 aromatic heterocycles. The summed E-state index contributed by atoms with van der Waals surface area (Å²) in [5.74, 6) is -0.686. The number of halogens is 3. The summed E-state index contributed by atoms with van der Waals surface area (Å²) in [7, 11) is -2.29. The van der Waals surface area contributed by atoms with Gasteiger partial charge >= 0.3 is 0 Å². The Bertz CT molecular complexity index is 1390. The van der Waals surface area contributed by atoms with Crippen molar-refractivity contribution in [3.8, 4) is 0 Å². The molecule has 35 heavy (non-hydrogen) atoms. The standard InChI is InChI=1S/C23H22Cl3N3O4S2/c1-28(12-14-4-7-17(25)18(26)9-14)21(30)13-29-8-2-3-19(23(29)31)27-35(32,33)22-10-15-5-6-16(24)11-20(15)34-22/h4-7,9-11,19,27H,2-3,8,12-13H2,1H3. The maximum atomic E-state index is 13.0. The number of nitrogens with zero attached hydrogens (tertiary/aromatic N) is 2. The van der Waals surface area contributed by atoms with E-state index in [2.05, 4.69) is 4.72 Å². The number of benzene rings is 2. The van der Waals surface area contributed by atoms with Crippen LogP contribution in [0.15, 0.2) is 46.7 Å². The van der Waals surface area contributed by atoms with E-state index in [1.165, 1.54) is 9.80 Å². The van der Waals surface area contributed by atoms with E-state index in [-0.39, 0.29) is 16.7 Å². The van der Waals surface area contributed by atoms with Crippen molar-refractivity contribution in [2.75, 3.05) is 20.1 Å². The lowest BCUT2D eigenvalue weighted by molar-refractivity contribution is -0.142. The van der Waals surface area contributed by atoms with Gasteiger partial charge in [0, 0.05) is 29.9 Å². The summed E-state index contributed by atoms with van der Waals surface area (Å²) in [5, 5.41) is 2.10. The molecule has 1 unspecified atom stereocenters. The third-order valence-electron chi connectivity index (χ3n) is 5.71. The third kappa shape index (κ3) is 6.10. The van der Waals surface area contributed by atoms with Gasteiger partial charge in [0.1, 0.15) is 10.3 Å². The largest absolute Gasteiger partial charge is 0.340 e. The summed E-state index contributed by atoms with van der Waals surface area (Å²) in [4.78, 5) is 28.7. The van der Waals surface area contributed by atoms with E-state index < -0.39 is 22.0 Å². The Morgan fingerprint density at radius 3 is 2.66 bits per heavy atom. The number of amides is 2. The van der Waals surface area contributed by atoms with Crippen LogP contribution in [0.25, 0.3) is 10.1 Å². The first-order chi connectivity index (χ1) is 16.5. The molecule has 1 atom stereocenters. The fraction of sp³-hybridized carbons (Fsp3) is 0.304. The number of carbonyl (C=O) groups is 2. The SMILES string of the molecule is CN(Cc1ccc(Cl)c(Cl)c1)C(=O)CN1CCCC(NS(=O)(=O)c2cc3ccc(Cl)cc3s2)C1=O. The summed E-state index contributed by atoms with van der Waals surface area (Å²) in [6.45, 7) is 0.533. The smallest absolute Gasteiger partial charge is 0.250 e. The molecule has 186 valence electrons. The Hall–Kier alpha value is -1.88. The zero-order valence-electron chi connectivity index (χ0n) is 18.6. The van der Waals surface area contributed by atoms with Gasteiger partial charge in [-0.15, -0.1) is 11.3 Å². The highest BCUT2D eigenvalue weighted by Crippen LogP contribution is 2.31. The molecule has 1 saturated heterocycles. The number of nitrogens with one attached hydrogen (secondary N) is 1. The van der Waals surface area contributed by atoms with Gasteiger partial charge in [-0.2, -0.15) is 4.72 Å². The molecule has 0 aliphatic carbocycles. The number of hydrogen-bond donors (Lipinski definition) is 1. The lowest BCUT2D eigenvalue weighted by atomic mass is 10.1. The van der Waals surface area contributed by atoms with Gasteiger partial charge < -0.3 is 9.80 Å². The first-order valence-corrected chi connectivity index (χ1v) is 14.1. The van der Waals surface area contributed by atoms with Crippen molar-refractivity contribution >= 4 is 78.1 Å². The summed E-state index contributed by atoms with van der Waals surface area (Å²) in [5.41, 5.74) is 0.801. The molecule has 1 fully saturated rings. The Kier molecular flexibility index (Phi) is 7.95. The van der Waals surface area contributed by atoms with Crippen LogP contribution in [0, 0.1) is 0 Å². The molecule has 1 N–H and O–H groups in total. The van der Waals surface area contributed by atoms with Gasteiger partial charge in [0.15, 0.2) is 0 Å². The van der Waals surface area contributed by atoms with Gasteiger partial charge in [-0.05, 0) is 54.1 Å². The summed E-state index contributed by atoms with van der Waals surface area (Å²) < 4.78 is 29.4. The molecular formula is C23H22Cl3N3O4S2. The molecule has 7 nitrogen and oxygen atoms in total. The minimum Gasteiger partial charge on any atom is -0.340 e. The maximum absolute atomic E-state index is 13.0. The molecule has 0 bridgehead atoms.